The number of hydrogen-bond acceptors (Lipinski definition) is 3. The predicted molar refractivity (Wildman–Crippen MR) is 62.8 cm³/mol. The molecule has 1 rings (SSSR count). The second-order valence-corrected chi connectivity index (χ2v) is 4.22. The van der Waals surface area contributed by atoms with Crippen LogP contribution < -0.4 is 5.32 Å². The SMILES string of the molecule is CN[C@@H](C)Cc1ccccc1.O=S(=O)(O)O. The number of rotatable bonds is 3. The van der Waals surface area contributed by atoms with Crippen LogP contribution in [0.25, 0.3) is 0 Å². The summed E-state index contributed by atoms with van der Waals surface area (Å²) in [5.41, 5.74) is 1.40. The molecule has 1 aromatic carbocycles. The van der Waals surface area contributed by atoms with Gasteiger partial charge in [0.2, 0.25) is 0 Å². The molecule has 0 aromatic heterocycles. The third-order valence-electron chi connectivity index (χ3n) is 1.88. The molecular formula is C10H17NO4S. The Kier molecular flexibility index (Phi) is 6.91. The van der Waals surface area contributed by atoms with E-state index >= 15 is 0 Å². The van der Waals surface area contributed by atoms with Crippen molar-refractivity contribution in [2.75, 3.05) is 7.05 Å². The summed E-state index contributed by atoms with van der Waals surface area (Å²) >= 11 is 0. The molecule has 1 atom stereocenters. The molecule has 0 saturated heterocycles. The van der Waals surface area contributed by atoms with Crippen molar-refractivity contribution in [1.29, 1.82) is 0 Å². The van der Waals surface area contributed by atoms with E-state index < -0.39 is 10.4 Å². The molecule has 0 saturated carbocycles. The summed E-state index contributed by atoms with van der Waals surface area (Å²) in [6.07, 6.45) is 1.11. The van der Waals surface area contributed by atoms with Crippen molar-refractivity contribution >= 4 is 10.4 Å². The van der Waals surface area contributed by atoms with Crippen molar-refractivity contribution in [3.63, 3.8) is 0 Å². The maximum atomic E-state index is 8.74. The largest absolute Gasteiger partial charge is 0.394 e. The van der Waals surface area contributed by atoms with Crippen LogP contribution in [0.5, 0.6) is 0 Å². The van der Waals surface area contributed by atoms with Gasteiger partial charge in [-0.3, -0.25) is 9.11 Å². The second-order valence-electron chi connectivity index (χ2n) is 3.33. The third kappa shape index (κ3) is 11.1. The Bertz CT molecular complexity index is 369. The first-order valence-corrected chi connectivity index (χ1v) is 6.13. The maximum Gasteiger partial charge on any atom is 0.394 e. The Balaban J connectivity index is 0.000000385. The molecule has 3 N–H and O–H groups in total. The molecule has 6 heteroatoms. The first-order valence-electron chi connectivity index (χ1n) is 4.74. The van der Waals surface area contributed by atoms with Crippen LogP contribution in [0.3, 0.4) is 0 Å². The minimum absolute atomic E-state index is 0.567. The minimum atomic E-state index is -4.67. The molecule has 0 aliphatic heterocycles. The summed E-state index contributed by atoms with van der Waals surface area (Å²) in [7, 11) is -2.67. The third-order valence-corrected chi connectivity index (χ3v) is 1.88. The van der Waals surface area contributed by atoms with Gasteiger partial charge in [0.15, 0.2) is 0 Å². The molecule has 0 radical (unpaired) electrons. The maximum absolute atomic E-state index is 8.74. The average Bonchev–Trinajstić information content (AvgIpc) is 2.16. The first-order chi connectivity index (χ1) is 7.33. The van der Waals surface area contributed by atoms with E-state index in [1.165, 1.54) is 5.56 Å². The highest BCUT2D eigenvalue weighted by Crippen LogP contribution is 2.01. The summed E-state index contributed by atoms with van der Waals surface area (Å²) in [6, 6.07) is 11.1. The summed E-state index contributed by atoms with van der Waals surface area (Å²) in [4.78, 5) is 0. The lowest BCUT2D eigenvalue weighted by Gasteiger charge is -2.08. The van der Waals surface area contributed by atoms with Gasteiger partial charge in [0.25, 0.3) is 0 Å². The molecule has 0 heterocycles. The van der Waals surface area contributed by atoms with Gasteiger partial charge in [-0.05, 0) is 26.0 Å². The van der Waals surface area contributed by atoms with Crippen molar-refractivity contribution in [2.24, 2.45) is 0 Å². The van der Waals surface area contributed by atoms with E-state index in [-0.39, 0.29) is 0 Å². The zero-order valence-electron chi connectivity index (χ0n) is 9.29. The number of nitrogens with one attached hydrogen (secondary N) is 1. The van der Waals surface area contributed by atoms with Gasteiger partial charge in [-0.2, -0.15) is 8.42 Å². The van der Waals surface area contributed by atoms with E-state index in [0.29, 0.717) is 6.04 Å². The number of likely N-dealkylation sites (N-methyl/N-ethyl adjacent to an activating group) is 1. The van der Waals surface area contributed by atoms with E-state index in [2.05, 4.69) is 36.5 Å². The van der Waals surface area contributed by atoms with Crippen LogP contribution in [0, 0.1) is 0 Å². The molecule has 0 aliphatic carbocycles. The Morgan fingerprint density at radius 1 is 1.25 bits per heavy atom. The molecule has 0 bridgehead atoms. The highest BCUT2D eigenvalue weighted by molar-refractivity contribution is 7.79. The lowest BCUT2D eigenvalue weighted by Crippen LogP contribution is -2.23. The van der Waals surface area contributed by atoms with Gasteiger partial charge < -0.3 is 5.32 Å². The fourth-order valence-corrected chi connectivity index (χ4v) is 1.07. The molecule has 0 spiro atoms. The van der Waals surface area contributed by atoms with Crippen LogP contribution in [-0.2, 0) is 16.8 Å². The van der Waals surface area contributed by atoms with E-state index in [4.69, 9.17) is 17.5 Å². The topological polar surface area (TPSA) is 86.6 Å². The summed E-state index contributed by atoms with van der Waals surface area (Å²) in [5.74, 6) is 0. The molecule has 0 aliphatic rings. The molecule has 0 unspecified atom stereocenters. The van der Waals surface area contributed by atoms with Crippen LogP contribution in [0.2, 0.25) is 0 Å². The number of hydrogen-bond donors (Lipinski definition) is 3. The molecule has 5 nitrogen and oxygen atoms in total. The fourth-order valence-electron chi connectivity index (χ4n) is 1.07. The van der Waals surface area contributed by atoms with Gasteiger partial charge in [0.05, 0.1) is 0 Å². The van der Waals surface area contributed by atoms with Crippen molar-refractivity contribution in [1.82, 2.24) is 5.32 Å². The molecule has 92 valence electrons. The van der Waals surface area contributed by atoms with E-state index in [1.54, 1.807) is 0 Å². The normalized spacial score (nSPS) is 12.5. The van der Waals surface area contributed by atoms with Crippen molar-refractivity contribution in [3.05, 3.63) is 35.9 Å². The summed E-state index contributed by atoms with van der Waals surface area (Å²) in [5, 5.41) is 3.21. The Morgan fingerprint density at radius 2 is 1.69 bits per heavy atom. The first kappa shape index (κ1) is 15.0. The summed E-state index contributed by atoms with van der Waals surface area (Å²) < 4.78 is 31.6. The molecule has 16 heavy (non-hydrogen) atoms. The lowest BCUT2D eigenvalue weighted by molar-refractivity contribution is 0.381. The Morgan fingerprint density at radius 3 is 2.06 bits per heavy atom. The van der Waals surface area contributed by atoms with Gasteiger partial charge in [-0.15, -0.1) is 0 Å². The van der Waals surface area contributed by atoms with Gasteiger partial charge >= 0.3 is 10.4 Å². The monoisotopic (exact) mass is 247 g/mol. The molecule has 0 amide bonds. The van der Waals surface area contributed by atoms with Crippen molar-refractivity contribution < 1.29 is 17.5 Å². The van der Waals surface area contributed by atoms with E-state index in [0.717, 1.165) is 6.42 Å². The highest BCUT2D eigenvalue weighted by atomic mass is 32.3. The minimum Gasteiger partial charge on any atom is -0.317 e. The van der Waals surface area contributed by atoms with Gasteiger partial charge in [0.1, 0.15) is 0 Å². The van der Waals surface area contributed by atoms with E-state index in [9.17, 15) is 0 Å². The smallest absolute Gasteiger partial charge is 0.317 e. The zero-order valence-corrected chi connectivity index (χ0v) is 10.1. The van der Waals surface area contributed by atoms with Gasteiger partial charge in [0, 0.05) is 6.04 Å². The van der Waals surface area contributed by atoms with Gasteiger partial charge in [-0.1, -0.05) is 30.3 Å². The lowest BCUT2D eigenvalue weighted by atomic mass is 10.1. The van der Waals surface area contributed by atoms with Crippen LogP contribution in [0.15, 0.2) is 30.3 Å². The Labute approximate surface area is 96.1 Å². The predicted octanol–water partition coefficient (Wildman–Crippen LogP) is 1.18. The van der Waals surface area contributed by atoms with Crippen LogP contribution in [0.4, 0.5) is 0 Å². The van der Waals surface area contributed by atoms with E-state index in [1.807, 2.05) is 13.1 Å². The fraction of sp³-hybridized carbons (Fsp3) is 0.400. The van der Waals surface area contributed by atoms with Crippen molar-refractivity contribution in [3.8, 4) is 0 Å². The Hall–Kier alpha value is -0.950. The second kappa shape index (κ2) is 7.34. The number of benzene rings is 1. The van der Waals surface area contributed by atoms with Crippen LogP contribution >= 0.6 is 0 Å². The average molecular weight is 247 g/mol. The zero-order chi connectivity index (χ0) is 12.6. The van der Waals surface area contributed by atoms with Gasteiger partial charge in [-0.25, -0.2) is 0 Å². The van der Waals surface area contributed by atoms with Crippen LogP contribution in [0.1, 0.15) is 12.5 Å². The highest BCUT2D eigenvalue weighted by Gasteiger charge is 1.97. The van der Waals surface area contributed by atoms with Crippen molar-refractivity contribution in [2.45, 2.75) is 19.4 Å². The standard InChI is InChI=1S/C10H15N.H2O4S/c1-9(11-2)8-10-6-4-3-5-7-10;1-5(2,3)4/h3-7,9,11H,8H2,1-2H3;(H2,1,2,3,4)/t9-;/m0./s1. The molecule has 0 fully saturated rings. The quantitative estimate of drug-likeness (QED) is 0.698. The summed E-state index contributed by atoms with van der Waals surface area (Å²) in [6.45, 7) is 2.19. The molecular weight excluding hydrogens is 230 g/mol. The molecule has 1 aromatic rings. The van der Waals surface area contributed by atoms with Crippen LogP contribution in [-0.4, -0.2) is 30.6 Å².